The van der Waals surface area contributed by atoms with E-state index in [1.807, 2.05) is 43.3 Å². The van der Waals surface area contributed by atoms with Gasteiger partial charge in [0.2, 0.25) is 0 Å². The normalized spacial score (nSPS) is 13.3. The van der Waals surface area contributed by atoms with Crippen LogP contribution in [-0.4, -0.2) is 24.8 Å². The minimum Gasteiger partial charge on any atom is -0.494 e. The number of rotatable bonds is 6. The summed E-state index contributed by atoms with van der Waals surface area (Å²) in [6, 6.07) is 13.2. The molecule has 0 fully saturated rings. The number of benzene rings is 2. The Bertz CT molecular complexity index is 771. The number of Topliss-reactive ketones (excluding diaryl/α,β-unsaturated/α-hetero) is 1. The average molecular weight is 388 g/mol. The molecular formula is C19H18BrNO3. The molecule has 4 nitrogen and oxygen atoms in total. The number of halogens is 1. The summed E-state index contributed by atoms with van der Waals surface area (Å²) in [6.07, 6.45) is 1.60. The molecule has 1 heterocycles. The number of aryl methyl sites for hydroxylation is 1. The predicted octanol–water partition coefficient (Wildman–Crippen LogP) is 4.15. The minimum atomic E-state index is -0.426. The first-order chi connectivity index (χ1) is 11.6. The summed E-state index contributed by atoms with van der Waals surface area (Å²) in [5.41, 5.74) is 2.23. The van der Waals surface area contributed by atoms with Gasteiger partial charge in [-0.25, -0.2) is 0 Å². The number of nitrogens with zero attached hydrogens (tertiary/aromatic N) is 1. The van der Waals surface area contributed by atoms with Crippen LogP contribution < -0.4 is 9.64 Å². The molecule has 1 aliphatic heterocycles. The predicted molar refractivity (Wildman–Crippen MR) is 96.7 cm³/mol. The van der Waals surface area contributed by atoms with Gasteiger partial charge < -0.3 is 9.64 Å². The molecule has 1 amide bonds. The smallest absolute Gasteiger partial charge is 0.299 e. The highest BCUT2D eigenvalue weighted by Crippen LogP contribution is 2.29. The van der Waals surface area contributed by atoms with Crippen molar-refractivity contribution in [3.63, 3.8) is 0 Å². The van der Waals surface area contributed by atoms with Crippen LogP contribution in [0, 0.1) is 6.92 Å². The Morgan fingerprint density at radius 2 is 1.79 bits per heavy atom. The van der Waals surface area contributed by atoms with Crippen LogP contribution in [0.1, 0.15) is 28.8 Å². The molecule has 2 aromatic carbocycles. The van der Waals surface area contributed by atoms with Crippen molar-refractivity contribution < 1.29 is 14.3 Å². The summed E-state index contributed by atoms with van der Waals surface area (Å²) in [5, 5.41) is 0. The number of unbranched alkanes of at least 4 members (excludes halogenated alkanes) is 1. The third-order valence-electron chi connectivity index (χ3n) is 3.99. The SMILES string of the molecule is Cc1ccc2c(c1)C(=O)C(=O)N2CCCCOc1ccc(Br)cc1. The lowest BCUT2D eigenvalue weighted by atomic mass is 10.1. The Balaban J connectivity index is 1.51. The number of hydrogen-bond acceptors (Lipinski definition) is 3. The van der Waals surface area contributed by atoms with Gasteiger partial charge in [-0.05, 0) is 56.2 Å². The number of ketones is 1. The highest BCUT2D eigenvalue weighted by molar-refractivity contribution is 9.10. The van der Waals surface area contributed by atoms with E-state index in [-0.39, 0.29) is 0 Å². The maximum atomic E-state index is 12.1. The minimum absolute atomic E-state index is 0.403. The Morgan fingerprint density at radius 1 is 1.04 bits per heavy atom. The molecule has 0 N–H and O–H groups in total. The zero-order valence-corrected chi connectivity index (χ0v) is 15.0. The molecular weight excluding hydrogens is 370 g/mol. The van der Waals surface area contributed by atoms with Gasteiger partial charge in [0.05, 0.1) is 17.9 Å². The van der Waals surface area contributed by atoms with Crippen molar-refractivity contribution in [1.29, 1.82) is 0 Å². The van der Waals surface area contributed by atoms with E-state index in [2.05, 4.69) is 15.9 Å². The zero-order valence-electron chi connectivity index (χ0n) is 13.4. The number of carbonyl (C=O) groups excluding carboxylic acids is 2. The Morgan fingerprint density at radius 3 is 2.54 bits per heavy atom. The van der Waals surface area contributed by atoms with Gasteiger partial charge >= 0.3 is 0 Å². The molecule has 24 heavy (non-hydrogen) atoms. The largest absolute Gasteiger partial charge is 0.494 e. The topological polar surface area (TPSA) is 46.6 Å². The summed E-state index contributed by atoms with van der Waals surface area (Å²) >= 11 is 3.38. The number of anilines is 1. The maximum Gasteiger partial charge on any atom is 0.299 e. The van der Waals surface area contributed by atoms with E-state index in [1.165, 1.54) is 0 Å². The summed E-state index contributed by atoms with van der Waals surface area (Å²) in [5.74, 6) is -0.00399. The van der Waals surface area contributed by atoms with Gasteiger partial charge in [0.15, 0.2) is 0 Å². The van der Waals surface area contributed by atoms with Gasteiger partial charge in [-0.2, -0.15) is 0 Å². The van der Waals surface area contributed by atoms with Crippen LogP contribution in [0.2, 0.25) is 0 Å². The molecule has 0 atom stereocenters. The Hall–Kier alpha value is -2.14. The number of ether oxygens (including phenoxy) is 1. The standard InChI is InChI=1S/C19H18BrNO3/c1-13-4-9-17-16(12-13)18(22)19(23)21(17)10-2-3-11-24-15-7-5-14(20)6-8-15/h4-9,12H,2-3,10-11H2,1H3. The molecule has 3 rings (SSSR count). The fraction of sp³-hybridized carbons (Fsp3) is 0.263. The second-order valence-electron chi connectivity index (χ2n) is 5.82. The number of fused-ring (bicyclic) bond motifs is 1. The van der Waals surface area contributed by atoms with E-state index in [1.54, 1.807) is 11.0 Å². The van der Waals surface area contributed by atoms with Crippen molar-refractivity contribution in [2.75, 3.05) is 18.1 Å². The first-order valence-corrected chi connectivity index (χ1v) is 8.71. The van der Waals surface area contributed by atoms with Crippen LogP contribution in [0.15, 0.2) is 46.9 Å². The van der Waals surface area contributed by atoms with E-state index < -0.39 is 11.7 Å². The molecule has 0 aliphatic carbocycles. The Kier molecular flexibility index (Phi) is 5.00. The lowest BCUT2D eigenvalue weighted by Gasteiger charge is -2.16. The highest BCUT2D eigenvalue weighted by atomic mass is 79.9. The van der Waals surface area contributed by atoms with Crippen LogP contribution in [0.3, 0.4) is 0 Å². The summed E-state index contributed by atoms with van der Waals surface area (Å²) in [4.78, 5) is 25.8. The fourth-order valence-electron chi connectivity index (χ4n) is 2.73. The van der Waals surface area contributed by atoms with Gasteiger partial charge in [0.25, 0.3) is 11.7 Å². The van der Waals surface area contributed by atoms with E-state index in [0.29, 0.717) is 18.7 Å². The van der Waals surface area contributed by atoms with Crippen LogP contribution >= 0.6 is 15.9 Å². The molecule has 1 aliphatic rings. The second-order valence-corrected chi connectivity index (χ2v) is 6.73. The molecule has 0 saturated carbocycles. The molecule has 0 aromatic heterocycles. The van der Waals surface area contributed by atoms with Gasteiger partial charge in [-0.15, -0.1) is 0 Å². The summed E-state index contributed by atoms with van der Waals surface area (Å²) < 4.78 is 6.68. The van der Waals surface area contributed by atoms with E-state index in [9.17, 15) is 9.59 Å². The quantitative estimate of drug-likeness (QED) is 0.552. The molecule has 0 unspecified atom stereocenters. The van der Waals surface area contributed by atoms with Gasteiger partial charge in [-0.3, -0.25) is 9.59 Å². The number of carbonyl (C=O) groups is 2. The zero-order chi connectivity index (χ0) is 17.1. The van der Waals surface area contributed by atoms with Gasteiger partial charge in [0.1, 0.15) is 5.75 Å². The molecule has 0 spiro atoms. The summed E-state index contributed by atoms with van der Waals surface area (Å²) in [7, 11) is 0. The number of hydrogen-bond donors (Lipinski definition) is 0. The molecule has 124 valence electrons. The highest BCUT2D eigenvalue weighted by Gasteiger charge is 2.35. The van der Waals surface area contributed by atoms with Crippen LogP contribution in [0.5, 0.6) is 5.75 Å². The molecule has 0 radical (unpaired) electrons. The van der Waals surface area contributed by atoms with Crippen molar-refractivity contribution in [1.82, 2.24) is 0 Å². The van der Waals surface area contributed by atoms with Crippen molar-refractivity contribution in [3.8, 4) is 5.75 Å². The van der Waals surface area contributed by atoms with E-state index in [4.69, 9.17) is 4.74 Å². The van der Waals surface area contributed by atoms with Crippen molar-refractivity contribution in [3.05, 3.63) is 58.1 Å². The average Bonchev–Trinajstić information content (AvgIpc) is 2.81. The number of amides is 1. The van der Waals surface area contributed by atoms with Gasteiger partial charge in [0, 0.05) is 11.0 Å². The molecule has 0 saturated heterocycles. The lowest BCUT2D eigenvalue weighted by molar-refractivity contribution is -0.114. The third-order valence-corrected chi connectivity index (χ3v) is 4.51. The second kappa shape index (κ2) is 7.18. The Labute approximate surface area is 149 Å². The van der Waals surface area contributed by atoms with Crippen LogP contribution in [0.25, 0.3) is 0 Å². The fourth-order valence-corrected chi connectivity index (χ4v) is 2.99. The van der Waals surface area contributed by atoms with Crippen molar-refractivity contribution >= 4 is 33.3 Å². The molecule has 0 bridgehead atoms. The first-order valence-electron chi connectivity index (χ1n) is 7.91. The first kappa shape index (κ1) is 16.7. The van der Waals surface area contributed by atoms with Gasteiger partial charge in [-0.1, -0.05) is 27.6 Å². The molecule has 2 aromatic rings. The molecule has 5 heteroatoms. The maximum absolute atomic E-state index is 12.1. The lowest BCUT2D eigenvalue weighted by Crippen LogP contribution is -2.30. The van der Waals surface area contributed by atoms with E-state index >= 15 is 0 Å². The van der Waals surface area contributed by atoms with Crippen molar-refractivity contribution in [2.45, 2.75) is 19.8 Å². The van der Waals surface area contributed by atoms with Crippen LogP contribution in [-0.2, 0) is 4.79 Å². The summed E-state index contributed by atoms with van der Waals surface area (Å²) in [6.45, 7) is 3.03. The third kappa shape index (κ3) is 3.51. The van der Waals surface area contributed by atoms with Crippen LogP contribution in [0.4, 0.5) is 5.69 Å². The van der Waals surface area contributed by atoms with E-state index in [0.717, 1.165) is 34.3 Å². The monoisotopic (exact) mass is 387 g/mol. The van der Waals surface area contributed by atoms with Crippen molar-refractivity contribution in [2.24, 2.45) is 0 Å².